The van der Waals surface area contributed by atoms with Gasteiger partial charge in [0.1, 0.15) is 5.76 Å². The molecule has 20 heavy (non-hydrogen) atoms. The molecule has 1 aliphatic rings. The number of rotatable bonds is 5. The van der Waals surface area contributed by atoms with Crippen LogP contribution >= 0.6 is 0 Å². The largest absolute Gasteiger partial charge is 0.447 e. The topological polar surface area (TPSA) is 105 Å². The van der Waals surface area contributed by atoms with Crippen LogP contribution in [0.25, 0.3) is 0 Å². The first-order chi connectivity index (χ1) is 9.32. The van der Waals surface area contributed by atoms with Gasteiger partial charge in [-0.05, 0) is 32.0 Å². The molecule has 2 N–H and O–H groups in total. The predicted octanol–water partition coefficient (Wildman–Crippen LogP) is -0.145. The normalized spacial score (nSPS) is 22.8. The molecule has 0 spiro atoms. The highest BCUT2D eigenvalue weighted by Gasteiger charge is 2.24. The molecular formula is C11H18N2O5S2. The van der Waals surface area contributed by atoms with Crippen LogP contribution in [0.4, 0.5) is 0 Å². The molecule has 2 rings (SSSR count). The van der Waals surface area contributed by atoms with E-state index in [4.69, 9.17) is 4.42 Å². The lowest BCUT2D eigenvalue weighted by Crippen LogP contribution is -2.39. The van der Waals surface area contributed by atoms with Gasteiger partial charge in [-0.15, -0.1) is 0 Å². The van der Waals surface area contributed by atoms with Gasteiger partial charge in [-0.25, -0.2) is 21.6 Å². The molecule has 0 aromatic carbocycles. The number of nitrogens with one attached hydrogen (secondary N) is 2. The van der Waals surface area contributed by atoms with Crippen LogP contribution in [0.3, 0.4) is 0 Å². The van der Waals surface area contributed by atoms with Crippen molar-refractivity contribution in [3.05, 3.63) is 17.9 Å². The van der Waals surface area contributed by atoms with Crippen LogP contribution in [0.1, 0.15) is 18.6 Å². The van der Waals surface area contributed by atoms with Gasteiger partial charge in [0.05, 0.1) is 18.1 Å². The van der Waals surface area contributed by atoms with E-state index in [0.29, 0.717) is 18.7 Å². The Bertz CT molecular complexity index is 663. The summed E-state index contributed by atoms with van der Waals surface area (Å²) >= 11 is 0. The summed E-state index contributed by atoms with van der Waals surface area (Å²) in [4.78, 5) is 0. The average molecular weight is 322 g/mol. The summed E-state index contributed by atoms with van der Waals surface area (Å²) in [5.74, 6) is 0.827. The smallest absolute Gasteiger partial charge is 0.273 e. The third-order valence-electron chi connectivity index (χ3n) is 3.20. The van der Waals surface area contributed by atoms with Crippen molar-refractivity contribution in [3.8, 4) is 0 Å². The van der Waals surface area contributed by atoms with Gasteiger partial charge in [-0.3, -0.25) is 0 Å². The lowest BCUT2D eigenvalue weighted by molar-refractivity contribution is 0.384. The minimum atomic E-state index is -3.58. The van der Waals surface area contributed by atoms with E-state index in [9.17, 15) is 16.8 Å². The van der Waals surface area contributed by atoms with E-state index in [0.717, 1.165) is 6.42 Å². The van der Waals surface area contributed by atoms with Crippen LogP contribution in [0.5, 0.6) is 0 Å². The molecule has 1 saturated heterocycles. The average Bonchev–Trinajstić information content (AvgIpc) is 2.85. The Labute approximate surface area is 118 Å². The maximum Gasteiger partial charge on any atom is 0.273 e. The Hall–Kier alpha value is -0.900. The summed E-state index contributed by atoms with van der Waals surface area (Å²) in [6, 6.07) is 2.83. The van der Waals surface area contributed by atoms with Crippen LogP contribution in [0, 0.1) is 0 Å². The number of sulfone groups is 1. The Balaban J connectivity index is 1.95. The Morgan fingerprint density at radius 2 is 2.15 bits per heavy atom. The predicted molar refractivity (Wildman–Crippen MR) is 73.5 cm³/mol. The molecule has 1 aliphatic heterocycles. The molecule has 114 valence electrons. The van der Waals surface area contributed by atoms with Gasteiger partial charge in [-0.2, -0.15) is 0 Å². The van der Waals surface area contributed by atoms with Crippen LogP contribution < -0.4 is 10.0 Å². The zero-order chi connectivity index (χ0) is 14.8. The van der Waals surface area contributed by atoms with E-state index in [1.54, 1.807) is 6.07 Å². The quantitative estimate of drug-likeness (QED) is 0.781. The van der Waals surface area contributed by atoms with E-state index in [-0.39, 0.29) is 22.6 Å². The molecule has 0 aliphatic carbocycles. The minimum Gasteiger partial charge on any atom is -0.447 e. The third kappa shape index (κ3) is 3.81. The van der Waals surface area contributed by atoms with Gasteiger partial charge in [0.25, 0.3) is 10.0 Å². The highest BCUT2D eigenvalue weighted by atomic mass is 32.2. The molecule has 1 aromatic heterocycles. The molecule has 7 nitrogen and oxygen atoms in total. The lowest BCUT2D eigenvalue weighted by atomic mass is 10.2. The molecular weight excluding hydrogens is 304 g/mol. The first kappa shape index (κ1) is 15.5. The van der Waals surface area contributed by atoms with Crippen molar-refractivity contribution in [2.75, 3.05) is 18.6 Å². The van der Waals surface area contributed by atoms with Gasteiger partial charge < -0.3 is 9.73 Å². The molecule has 0 saturated carbocycles. The second kappa shape index (κ2) is 5.84. The first-order valence-electron chi connectivity index (χ1n) is 6.28. The molecule has 9 heteroatoms. The van der Waals surface area contributed by atoms with Crippen LogP contribution in [0.15, 0.2) is 21.6 Å². The fourth-order valence-electron chi connectivity index (χ4n) is 2.13. The summed E-state index contributed by atoms with van der Waals surface area (Å²) in [6.45, 7) is 0.305. The fraction of sp³-hybridized carbons (Fsp3) is 0.636. The second-order valence-corrected chi connectivity index (χ2v) is 8.81. The highest BCUT2D eigenvalue weighted by Crippen LogP contribution is 2.15. The maximum atomic E-state index is 11.5. The van der Waals surface area contributed by atoms with E-state index >= 15 is 0 Å². The summed E-state index contributed by atoms with van der Waals surface area (Å²) < 4.78 is 53.4. The van der Waals surface area contributed by atoms with Crippen molar-refractivity contribution >= 4 is 19.9 Å². The van der Waals surface area contributed by atoms with Crippen LogP contribution in [0.2, 0.25) is 0 Å². The number of sulfonamides is 1. The van der Waals surface area contributed by atoms with Gasteiger partial charge >= 0.3 is 0 Å². The molecule has 0 radical (unpaired) electrons. The van der Waals surface area contributed by atoms with Crippen molar-refractivity contribution in [1.29, 1.82) is 0 Å². The summed E-state index contributed by atoms with van der Waals surface area (Å²) in [7, 11) is -5.23. The monoisotopic (exact) mass is 322 g/mol. The van der Waals surface area contributed by atoms with E-state index in [2.05, 4.69) is 10.0 Å². The zero-order valence-corrected chi connectivity index (χ0v) is 12.8. The zero-order valence-electron chi connectivity index (χ0n) is 11.1. The van der Waals surface area contributed by atoms with Crippen molar-refractivity contribution in [3.63, 3.8) is 0 Å². The fourth-order valence-corrected chi connectivity index (χ4v) is 4.46. The number of furan rings is 1. The second-order valence-electron chi connectivity index (χ2n) is 4.76. The SMILES string of the molecule is CNS(=O)(=O)c1ccc(CNC2CCCS(=O)(=O)C2)o1. The summed E-state index contributed by atoms with van der Waals surface area (Å²) in [6.07, 6.45) is 1.44. The molecule has 0 amide bonds. The first-order valence-corrected chi connectivity index (χ1v) is 9.59. The highest BCUT2D eigenvalue weighted by molar-refractivity contribution is 7.91. The van der Waals surface area contributed by atoms with E-state index < -0.39 is 19.9 Å². The third-order valence-corrected chi connectivity index (χ3v) is 6.31. The lowest BCUT2D eigenvalue weighted by Gasteiger charge is -2.22. The molecule has 1 fully saturated rings. The molecule has 0 bridgehead atoms. The number of hydrogen-bond donors (Lipinski definition) is 2. The van der Waals surface area contributed by atoms with Crippen molar-refractivity contribution < 1.29 is 21.3 Å². The van der Waals surface area contributed by atoms with Gasteiger partial charge in [-0.1, -0.05) is 0 Å². The standard InChI is InChI=1S/C11H18N2O5S2/c1-12-20(16,17)11-5-4-10(18-11)7-13-9-3-2-6-19(14,15)8-9/h4-5,9,12-13H,2-3,6-8H2,1H3. The van der Waals surface area contributed by atoms with Crippen molar-refractivity contribution in [2.45, 2.75) is 30.5 Å². The minimum absolute atomic E-state index is 0.108. The molecule has 2 heterocycles. The van der Waals surface area contributed by atoms with Gasteiger partial charge in [0, 0.05) is 6.04 Å². The Morgan fingerprint density at radius 3 is 2.80 bits per heavy atom. The van der Waals surface area contributed by atoms with Gasteiger partial charge in [0.15, 0.2) is 9.84 Å². The number of hydrogen-bond acceptors (Lipinski definition) is 6. The Morgan fingerprint density at radius 1 is 1.40 bits per heavy atom. The molecule has 1 aromatic rings. The van der Waals surface area contributed by atoms with Crippen LogP contribution in [-0.4, -0.2) is 41.4 Å². The summed E-state index contributed by atoms with van der Waals surface area (Å²) in [5.41, 5.74) is 0. The van der Waals surface area contributed by atoms with Crippen molar-refractivity contribution in [2.24, 2.45) is 0 Å². The molecule has 1 unspecified atom stereocenters. The van der Waals surface area contributed by atoms with E-state index in [1.165, 1.54) is 13.1 Å². The van der Waals surface area contributed by atoms with Gasteiger partial charge in [0.2, 0.25) is 5.09 Å². The maximum absolute atomic E-state index is 11.5. The van der Waals surface area contributed by atoms with Crippen LogP contribution in [-0.2, 0) is 26.4 Å². The van der Waals surface area contributed by atoms with E-state index in [1.807, 2.05) is 0 Å². The molecule has 1 atom stereocenters. The van der Waals surface area contributed by atoms with Crippen molar-refractivity contribution in [1.82, 2.24) is 10.0 Å². The summed E-state index contributed by atoms with van der Waals surface area (Å²) in [5, 5.41) is 2.94. The Kier molecular flexibility index (Phi) is 4.52.